The van der Waals surface area contributed by atoms with Gasteiger partial charge in [0.1, 0.15) is 0 Å². The average Bonchev–Trinajstić information content (AvgIpc) is 3.06. The third-order valence-electron chi connectivity index (χ3n) is 3.34. The molecule has 3 aromatic rings. The van der Waals surface area contributed by atoms with Gasteiger partial charge >= 0.3 is 5.97 Å². The number of thiophene rings is 1. The van der Waals surface area contributed by atoms with Crippen LogP contribution in [0.15, 0.2) is 41.8 Å². The number of rotatable bonds is 3. The van der Waals surface area contributed by atoms with Gasteiger partial charge in [-0.15, -0.1) is 11.3 Å². The Balaban J connectivity index is 2.41. The first-order chi connectivity index (χ1) is 10.3. The molecule has 2 heterocycles. The molecule has 1 aromatic carbocycles. The van der Waals surface area contributed by atoms with Crippen molar-refractivity contribution in [1.29, 1.82) is 0 Å². The number of hydrogen-bond donors (Lipinski definition) is 0. The molecule has 21 heavy (non-hydrogen) atoms. The number of carbonyl (C=O) groups excluding carboxylic acids is 1. The lowest BCUT2D eigenvalue weighted by molar-refractivity contribution is 0.0602. The Morgan fingerprint density at radius 3 is 2.76 bits per heavy atom. The summed E-state index contributed by atoms with van der Waals surface area (Å²) in [7, 11) is 7.28. The standard InChI is InChI=1S/C16H12BNO2S/c1-20-16(19)14-10-5-2-3-6-12(10)18-15(11(14)9-17)13-7-4-8-21-13/h2-8H,9H2,1H3. The predicted octanol–water partition coefficient (Wildman–Crippen LogP) is 3.42. The molecular formula is C16H12BNO2S. The first-order valence-electron chi connectivity index (χ1n) is 6.50. The van der Waals surface area contributed by atoms with Crippen molar-refractivity contribution in [2.75, 3.05) is 7.11 Å². The van der Waals surface area contributed by atoms with Crippen molar-refractivity contribution in [1.82, 2.24) is 4.98 Å². The van der Waals surface area contributed by atoms with Crippen LogP contribution in [0.1, 0.15) is 15.9 Å². The fourth-order valence-electron chi connectivity index (χ4n) is 2.40. The van der Waals surface area contributed by atoms with Gasteiger partial charge in [-0.1, -0.05) is 30.6 Å². The quantitative estimate of drug-likeness (QED) is 0.548. The van der Waals surface area contributed by atoms with E-state index in [1.807, 2.05) is 41.8 Å². The molecule has 0 bridgehead atoms. The van der Waals surface area contributed by atoms with Crippen molar-refractivity contribution in [3.05, 3.63) is 52.9 Å². The lowest BCUT2D eigenvalue weighted by atomic mass is 9.89. The summed E-state index contributed by atoms with van der Waals surface area (Å²) in [6.45, 7) is 0. The van der Waals surface area contributed by atoms with Gasteiger partial charge in [-0.3, -0.25) is 0 Å². The number of pyridine rings is 1. The summed E-state index contributed by atoms with van der Waals surface area (Å²) in [6, 6.07) is 11.5. The van der Waals surface area contributed by atoms with Gasteiger partial charge in [0.2, 0.25) is 0 Å². The minimum atomic E-state index is -0.383. The normalized spacial score (nSPS) is 10.7. The Morgan fingerprint density at radius 1 is 1.29 bits per heavy atom. The number of hydrogen-bond acceptors (Lipinski definition) is 4. The first-order valence-corrected chi connectivity index (χ1v) is 7.38. The van der Waals surface area contributed by atoms with Gasteiger partial charge in [-0.25, -0.2) is 9.78 Å². The highest BCUT2D eigenvalue weighted by Gasteiger charge is 2.20. The fourth-order valence-corrected chi connectivity index (χ4v) is 3.14. The number of nitrogens with zero attached hydrogens (tertiary/aromatic N) is 1. The minimum Gasteiger partial charge on any atom is -0.465 e. The van der Waals surface area contributed by atoms with Crippen molar-refractivity contribution < 1.29 is 9.53 Å². The van der Waals surface area contributed by atoms with Crippen molar-refractivity contribution in [2.24, 2.45) is 0 Å². The van der Waals surface area contributed by atoms with Crippen LogP contribution in [0.3, 0.4) is 0 Å². The molecule has 0 unspecified atom stereocenters. The second-order valence-corrected chi connectivity index (χ2v) is 5.45. The van der Waals surface area contributed by atoms with Gasteiger partial charge in [0.25, 0.3) is 0 Å². The maximum Gasteiger partial charge on any atom is 0.338 e. The monoisotopic (exact) mass is 293 g/mol. The molecule has 102 valence electrons. The summed E-state index contributed by atoms with van der Waals surface area (Å²) in [4.78, 5) is 17.9. The Kier molecular flexibility index (Phi) is 3.75. The third kappa shape index (κ3) is 2.34. The van der Waals surface area contributed by atoms with Gasteiger partial charge in [-0.05, 0) is 23.1 Å². The molecule has 3 nitrogen and oxygen atoms in total. The molecule has 0 N–H and O–H groups in total. The van der Waals surface area contributed by atoms with Gasteiger partial charge in [0, 0.05) is 5.39 Å². The molecule has 0 spiro atoms. The predicted molar refractivity (Wildman–Crippen MR) is 85.9 cm³/mol. The van der Waals surface area contributed by atoms with Crippen LogP contribution in [0.25, 0.3) is 21.5 Å². The van der Waals surface area contributed by atoms with Crippen LogP contribution in [-0.4, -0.2) is 25.9 Å². The van der Waals surface area contributed by atoms with E-state index in [9.17, 15) is 4.79 Å². The molecule has 0 aliphatic carbocycles. The molecule has 0 fully saturated rings. The number of esters is 1. The maximum absolute atomic E-state index is 12.2. The van der Waals surface area contributed by atoms with E-state index < -0.39 is 0 Å². The largest absolute Gasteiger partial charge is 0.465 e. The summed E-state index contributed by atoms with van der Waals surface area (Å²) in [6.07, 6.45) is 0.232. The number of carbonyl (C=O) groups is 1. The van der Waals surface area contributed by atoms with Crippen LogP contribution in [0.4, 0.5) is 0 Å². The van der Waals surface area contributed by atoms with Crippen LogP contribution in [0, 0.1) is 0 Å². The topological polar surface area (TPSA) is 39.2 Å². The smallest absolute Gasteiger partial charge is 0.338 e. The van der Waals surface area contributed by atoms with E-state index in [0.29, 0.717) is 5.56 Å². The van der Waals surface area contributed by atoms with Crippen molar-refractivity contribution in [3.63, 3.8) is 0 Å². The zero-order chi connectivity index (χ0) is 14.8. The minimum absolute atomic E-state index is 0.232. The zero-order valence-corrected chi connectivity index (χ0v) is 12.3. The second-order valence-electron chi connectivity index (χ2n) is 4.50. The van der Waals surface area contributed by atoms with E-state index in [-0.39, 0.29) is 12.3 Å². The van der Waals surface area contributed by atoms with Crippen LogP contribution in [0.2, 0.25) is 0 Å². The van der Waals surface area contributed by atoms with Crippen LogP contribution >= 0.6 is 11.3 Å². The number of methoxy groups -OCH3 is 1. The van der Waals surface area contributed by atoms with E-state index in [4.69, 9.17) is 12.6 Å². The number of para-hydroxylation sites is 1. The Labute approximate surface area is 128 Å². The van der Waals surface area contributed by atoms with Crippen LogP contribution in [-0.2, 0) is 11.1 Å². The SMILES string of the molecule is [B]Cc1c(-c2cccs2)nc2ccccc2c1C(=O)OC. The highest BCUT2D eigenvalue weighted by atomic mass is 32.1. The van der Waals surface area contributed by atoms with Gasteiger partial charge in [0.15, 0.2) is 0 Å². The summed E-state index contributed by atoms with van der Waals surface area (Å²) in [5, 5.41) is 2.75. The van der Waals surface area contributed by atoms with Gasteiger partial charge in [-0.2, -0.15) is 0 Å². The van der Waals surface area contributed by atoms with Crippen molar-refractivity contribution in [3.8, 4) is 10.6 Å². The lowest BCUT2D eigenvalue weighted by Crippen LogP contribution is -2.10. The number of aromatic nitrogens is 1. The molecule has 0 aliphatic rings. The second kappa shape index (κ2) is 5.70. The molecule has 0 amide bonds. The molecule has 2 aromatic heterocycles. The number of fused-ring (bicyclic) bond motifs is 1. The van der Waals surface area contributed by atoms with Crippen molar-refractivity contribution >= 4 is 36.1 Å². The Bertz CT molecular complexity index is 799. The van der Waals surface area contributed by atoms with Gasteiger partial charge < -0.3 is 4.74 Å². The maximum atomic E-state index is 12.2. The van der Waals surface area contributed by atoms with E-state index in [1.54, 1.807) is 11.3 Å². The lowest BCUT2D eigenvalue weighted by Gasteiger charge is -2.14. The zero-order valence-electron chi connectivity index (χ0n) is 11.5. The molecule has 0 saturated heterocycles. The first kappa shape index (κ1) is 13.8. The highest BCUT2D eigenvalue weighted by molar-refractivity contribution is 7.13. The molecule has 3 rings (SSSR count). The average molecular weight is 293 g/mol. The van der Waals surface area contributed by atoms with E-state index in [1.165, 1.54) is 7.11 Å². The fraction of sp³-hybridized carbons (Fsp3) is 0.125. The number of ether oxygens (including phenoxy) is 1. The van der Waals surface area contributed by atoms with E-state index >= 15 is 0 Å². The third-order valence-corrected chi connectivity index (χ3v) is 4.22. The molecule has 0 aliphatic heterocycles. The van der Waals surface area contributed by atoms with Crippen LogP contribution < -0.4 is 0 Å². The van der Waals surface area contributed by atoms with E-state index in [2.05, 4.69) is 4.98 Å². The molecule has 0 saturated carbocycles. The molecule has 0 atom stereocenters. The summed E-state index contributed by atoms with van der Waals surface area (Å²) in [5.41, 5.74) is 2.75. The Morgan fingerprint density at radius 2 is 2.10 bits per heavy atom. The highest BCUT2D eigenvalue weighted by Crippen LogP contribution is 2.32. The van der Waals surface area contributed by atoms with Crippen LogP contribution in [0.5, 0.6) is 0 Å². The summed E-state index contributed by atoms with van der Waals surface area (Å²) < 4.78 is 4.94. The number of benzene rings is 1. The molecular weight excluding hydrogens is 281 g/mol. The van der Waals surface area contributed by atoms with E-state index in [0.717, 1.165) is 27.0 Å². The Hall–Kier alpha value is -2.14. The molecule has 2 radical (unpaired) electrons. The van der Waals surface area contributed by atoms with Gasteiger partial charge in [0.05, 0.1) is 36.6 Å². The van der Waals surface area contributed by atoms with Crippen molar-refractivity contribution in [2.45, 2.75) is 6.32 Å². The molecule has 5 heteroatoms. The summed E-state index contributed by atoms with van der Waals surface area (Å²) in [5.74, 6) is -0.383. The summed E-state index contributed by atoms with van der Waals surface area (Å²) >= 11 is 1.57.